The maximum atomic E-state index is 14.2. The highest BCUT2D eigenvalue weighted by atomic mass is 16.5. The maximum Gasteiger partial charge on any atom is 0.257 e. The lowest BCUT2D eigenvalue weighted by atomic mass is 9.86. The SMILES string of the molecule is COc1ccc(C(C)(C)C)cc1CNC1CCC(c2ccccc2)N1C(=O)c1cn(C)c2ccccc12. The molecule has 1 amide bonds. The van der Waals surface area contributed by atoms with Gasteiger partial charge in [-0.2, -0.15) is 0 Å². The van der Waals surface area contributed by atoms with Gasteiger partial charge in [-0.25, -0.2) is 0 Å². The van der Waals surface area contributed by atoms with Crippen LogP contribution in [-0.2, 0) is 19.0 Å². The van der Waals surface area contributed by atoms with Crippen molar-refractivity contribution in [3.63, 3.8) is 0 Å². The van der Waals surface area contributed by atoms with Gasteiger partial charge in [0.15, 0.2) is 0 Å². The van der Waals surface area contributed by atoms with E-state index in [0.29, 0.717) is 6.54 Å². The molecule has 5 heteroatoms. The van der Waals surface area contributed by atoms with Crippen molar-refractivity contribution in [2.24, 2.45) is 7.05 Å². The molecular formula is C32H37N3O2. The molecule has 5 rings (SSSR count). The second-order valence-electron chi connectivity index (χ2n) is 11.1. The number of nitrogens with zero attached hydrogens (tertiary/aromatic N) is 2. The zero-order valence-electron chi connectivity index (χ0n) is 22.5. The smallest absolute Gasteiger partial charge is 0.257 e. The van der Waals surface area contributed by atoms with Gasteiger partial charge in [0, 0.05) is 36.3 Å². The topological polar surface area (TPSA) is 46.5 Å². The molecule has 2 unspecified atom stereocenters. The summed E-state index contributed by atoms with van der Waals surface area (Å²) in [5, 5.41) is 4.72. The maximum absolute atomic E-state index is 14.2. The molecule has 0 spiro atoms. The van der Waals surface area contributed by atoms with Crippen molar-refractivity contribution in [3.05, 3.63) is 101 Å². The monoisotopic (exact) mass is 495 g/mol. The summed E-state index contributed by atoms with van der Waals surface area (Å²) in [6, 6.07) is 25.0. The number of carbonyl (C=O) groups is 1. The molecule has 0 aliphatic carbocycles. The van der Waals surface area contributed by atoms with Crippen LogP contribution in [0.15, 0.2) is 79.0 Å². The quantitative estimate of drug-likeness (QED) is 0.329. The Labute approximate surface area is 220 Å². The molecule has 192 valence electrons. The molecule has 1 aliphatic heterocycles. The second kappa shape index (κ2) is 10.1. The Hall–Kier alpha value is -3.57. The average molecular weight is 496 g/mol. The fourth-order valence-electron chi connectivity index (χ4n) is 5.56. The van der Waals surface area contributed by atoms with Crippen molar-refractivity contribution in [2.75, 3.05) is 7.11 Å². The Balaban J connectivity index is 1.48. The van der Waals surface area contributed by atoms with Crippen LogP contribution in [0.2, 0.25) is 0 Å². The third kappa shape index (κ3) is 4.88. The fourth-order valence-corrected chi connectivity index (χ4v) is 5.56. The number of para-hydroxylation sites is 1. The zero-order valence-corrected chi connectivity index (χ0v) is 22.5. The predicted molar refractivity (Wildman–Crippen MR) is 150 cm³/mol. The number of hydrogen-bond acceptors (Lipinski definition) is 3. The van der Waals surface area contributed by atoms with Crippen LogP contribution in [0.25, 0.3) is 10.9 Å². The fraction of sp³-hybridized carbons (Fsp3) is 0.344. The van der Waals surface area contributed by atoms with Gasteiger partial charge in [-0.3, -0.25) is 10.1 Å². The van der Waals surface area contributed by atoms with Crippen LogP contribution in [0.5, 0.6) is 5.75 Å². The van der Waals surface area contributed by atoms with Crippen molar-refractivity contribution in [2.45, 2.75) is 57.8 Å². The average Bonchev–Trinajstić information content (AvgIpc) is 3.48. The molecule has 1 N–H and O–H groups in total. The van der Waals surface area contributed by atoms with Gasteiger partial charge < -0.3 is 14.2 Å². The Morgan fingerprint density at radius 3 is 2.46 bits per heavy atom. The van der Waals surface area contributed by atoms with E-state index >= 15 is 0 Å². The first-order valence-corrected chi connectivity index (χ1v) is 13.1. The minimum atomic E-state index is -0.0836. The van der Waals surface area contributed by atoms with Crippen molar-refractivity contribution < 1.29 is 9.53 Å². The predicted octanol–water partition coefficient (Wildman–Crippen LogP) is 6.58. The Bertz CT molecular complexity index is 1400. The summed E-state index contributed by atoms with van der Waals surface area (Å²) in [4.78, 5) is 16.3. The van der Waals surface area contributed by atoms with Crippen molar-refractivity contribution in [3.8, 4) is 5.75 Å². The summed E-state index contributed by atoms with van der Waals surface area (Å²) in [6.07, 6.45) is 3.69. The zero-order chi connectivity index (χ0) is 26.2. The lowest BCUT2D eigenvalue weighted by molar-refractivity contribution is 0.0633. The molecule has 2 atom stereocenters. The number of aromatic nitrogens is 1. The number of fused-ring (bicyclic) bond motifs is 1. The van der Waals surface area contributed by atoms with Crippen LogP contribution in [0.1, 0.15) is 66.7 Å². The summed E-state index contributed by atoms with van der Waals surface area (Å²) in [5.41, 5.74) is 5.41. The van der Waals surface area contributed by atoms with Crippen LogP contribution in [0, 0.1) is 0 Å². The summed E-state index contributed by atoms with van der Waals surface area (Å²) in [7, 11) is 3.72. The van der Waals surface area contributed by atoms with E-state index in [1.54, 1.807) is 7.11 Å². The van der Waals surface area contributed by atoms with Gasteiger partial charge in [-0.15, -0.1) is 0 Å². The number of amides is 1. The normalized spacial score (nSPS) is 17.9. The van der Waals surface area contributed by atoms with Gasteiger partial charge in [0.1, 0.15) is 5.75 Å². The number of methoxy groups -OCH3 is 1. The largest absolute Gasteiger partial charge is 0.496 e. The van der Waals surface area contributed by atoms with Crippen LogP contribution in [0.3, 0.4) is 0 Å². The van der Waals surface area contributed by atoms with Crippen LogP contribution in [-0.4, -0.2) is 28.6 Å². The van der Waals surface area contributed by atoms with Crippen LogP contribution < -0.4 is 10.1 Å². The van der Waals surface area contributed by atoms with Gasteiger partial charge >= 0.3 is 0 Å². The summed E-state index contributed by atoms with van der Waals surface area (Å²) in [6.45, 7) is 7.28. The molecule has 3 aromatic carbocycles. The number of likely N-dealkylation sites (tertiary alicyclic amines) is 1. The first kappa shape index (κ1) is 25.1. The molecular weight excluding hydrogens is 458 g/mol. The summed E-state index contributed by atoms with van der Waals surface area (Å²) in [5.74, 6) is 0.932. The second-order valence-corrected chi connectivity index (χ2v) is 11.1. The number of carbonyl (C=O) groups excluding carboxylic acids is 1. The molecule has 5 nitrogen and oxygen atoms in total. The molecule has 1 saturated heterocycles. The standard InChI is InChI=1S/C32H37N3O2/c1-32(2,3)24-15-17-29(37-5)23(19-24)20-33-30-18-16-27(22-11-7-6-8-12-22)35(30)31(36)26-21-34(4)28-14-10-9-13-25(26)28/h6-15,17,19,21,27,30,33H,16,18,20H2,1-5H3. The van der Waals surface area contributed by atoms with Crippen LogP contribution in [0.4, 0.5) is 0 Å². The van der Waals surface area contributed by atoms with E-state index in [0.717, 1.165) is 40.6 Å². The van der Waals surface area contributed by atoms with Gasteiger partial charge in [-0.05, 0) is 41.5 Å². The molecule has 1 aliphatic rings. The minimum Gasteiger partial charge on any atom is -0.496 e. The Morgan fingerprint density at radius 2 is 1.73 bits per heavy atom. The number of nitrogens with one attached hydrogen (secondary N) is 1. The third-order valence-electron chi connectivity index (χ3n) is 7.61. The van der Waals surface area contributed by atoms with E-state index in [2.05, 4.69) is 79.5 Å². The third-order valence-corrected chi connectivity index (χ3v) is 7.61. The number of benzene rings is 3. The van der Waals surface area contributed by atoms with Gasteiger partial charge in [0.2, 0.25) is 0 Å². The lowest BCUT2D eigenvalue weighted by Crippen LogP contribution is -2.45. The first-order chi connectivity index (χ1) is 17.8. The number of aryl methyl sites for hydroxylation is 1. The Kier molecular flexibility index (Phi) is 6.82. The molecule has 4 aromatic rings. The minimum absolute atomic E-state index is 0.0213. The number of rotatable bonds is 6. The van der Waals surface area contributed by atoms with E-state index in [9.17, 15) is 4.79 Å². The molecule has 37 heavy (non-hydrogen) atoms. The molecule has 1 aromatic heterocycles. The van der Waals surface area contributed by atoms with Crippen LogP contribution >= 0.6 is 0 Å². The summed E-state index contributed by atoms with van der Waals surface area (Å²) < 4.78 is 7.73. The van der Waals surface area contributed by atoms with E-state index in [-0.39, 0.29) is 23.5 Å². The molecule has 1 fully saturated rings. The first-order valence-electron chi connectivity index (χ1n) is 13.1. The molecule has 2 heterocycles. The van der Waals surface area contributed by atoms with Gasteiger partial charge in [0.25, 0.3) is 5.91 Å². The van der Waals surface area contributed by atoms with E-state index in [1.807, 2.05) is 42.1 Å². The number of hydrogen-bond donors (Lipinski definition) is 1. The van der Waals surface area contributed by atoms with E-state index < -0.39 is 0 Å². The number of ether oxygens (including phenoxy) is 1. The highest BCUT2D eigenvalue weighted by Gasteiger charge is 2.39. The van der Waals surface area contributed by atoms with Gasteiger partial charge in [-0.1, -0.05) is 81.4 Å². The summed E-state index contributed by atoms with van der Waals surface area (Å²) >= 11 is 0. The van der Waals surface area contributed by atoms with Crippen molar-refractivity contribution in [1.29, 1.82) is 0 Å². The van der Waals surface area contributed by atoms with E-state index in [4.69, 9.17) is 4.74 Å². The van der Waals surface area contributed by atoms with Gasteiger partial charge in [0.05, 0.1) is 24.9 Å². The molecule has 0 bridgehead atoms. The highest BCUT2D eigenvalue weighted by molar-refractivity contribution is 6.07. The lowest BCUT2D eigenvalue weighted by Gasteiger charge is -2.31. The Morgan fingerprint density at radius 1 is 1.00 bits per heavy atom. The van der Waals surface area contributed by atoms with Crippen molar-refractivity contribution >= 4 is 16.8 Å². The van der Waals surface area contributed by atoms with E-state index in [1.165, 1.54) is 11.1 Å². The highest BCUT2D eigenvalue weighted by Crippen LogP contribution is 2.38. The molecule has 0 radical (unpaired) electrons. The van der Waals surface area contributed by atoms with Crippen molar-refractivity contribution in [1.82, 2.24) is 14.8 Å². The molecule has 0 saturated carbocycles.